The van der Waals surface area contributed by atoms with Crippen molar-refractivity contribution in [1.82, 2.24) is 9.97 Å². The molecule has 0 fully saturated rings. The first-order valence-electron chi connectivity index (χ1n) is 8.71. The molecule has 8 heteroatoms. The predicted octanol–water partition coefficient (Wildman–Crippen LogP) is 4.02. The van der Waals surface area contributed by atoms with Crippen molar-refractivity contribution < 1.29 is 14.2 Å². The van der Waals surface area contributed by atoms with Crippen molar-refractivity contribution in [1.29, 1.82) is 5.26 Å². The standard InChI is InChI=1S/C20H22N4O3S/c1-7-24(3)19-16-11(2)15(10-21)28-20(16)23-18(22-19)12-8-13(25-4)17(27-6)14(9-12)26-5/h8-9H,7H2,1-6H3. The molecular formula is C20H22N4O3S. The number of hydrogen-bond acceptors (Lipinski definition) is 8. The molecule has 0 spiro atoms. The summed E-state index contributed by atoms with van der Waals surface area (Å²) in [6.07, 6.45) is 0. The molecule has 0 radical (unpaired) electrons. The van der Waals surface area contributed by atoms with Crippen LogP contribution in [0, 0.1) is 18.3 Å². The molecule has 28 heavy (non-hydrogen) atoms. The summed E-state index contributed by atoms with van der Waals surface area (Å²) in [6, 6.07) is 5.90. The second-order valence-electron chi connectivity index (χ2n) is 6.15. The molecule has 2 aromatic heterocycles. The lowest BCUT2D eigenvalue weighted by Crippen LogP contribution is -2.18. The van der Waals surface area contributed by atoms with Gasteiger partial charge >= 0.3 is 0 Å². The van der Waals surface area contributed by atoms with E-state index in [0.717, 1.165) is 33.7 Å². The zero-order chi connectivity index (χ0) is 20.4. The zero-order valence-corrected chi connectivity index (χ0v) is 17.6. The molecule has 146 valence electrons. The average molecular weight is 398 g/mol. The molecule has 7 nitrogen and oxygen atoms in total. The molecule has 0 amide bonds. The van der Waals surface area contributed by atoms with Crippen molar-refractivity contribution in [2.75, 3.05) is 39.8 Å². The Morgan fingerprint density at radius 2 is 1.75 bits per heavy atom. The van der Waals surface area contributed by atoms with E-state index in [1.54, 1.807) is 21.3 Å². The van der Waals surface area contributed by atoms with Crippen LogP contribution in [0.3, 0.4) is 0 Å². The first-order valence-corrected chi connectivity index (χ1v) is 9.53. The summed E-state index contributed by atoms with van der Waals surface area (Å²) in [5.74, 6) is 2.91. The summed E-state index contributed by atoms with van der Waals surface area (Å²) >= 11 is 1.38. The minimum atomic E-state index is 0.513. The van der Waals surface area contributed by atoms with E-state index < -0.39 is 0 Å². The van der Waals surface area contributed by atoms with Crippen LogP contribution in [-0.4, -0.2) is 44.9 Å². The van der Waals surface area contributed by atoms with Crippen LogP contribution in [0.25, 0.3) is 21.6 Å². The molecule has 0 atom stereocenters. The van der Waals surface area contributed by atoms with E-state index in [9.17, 15) is 5.26 Å². The van der Waals surface area contributed by atoms with Gasteiger partial charge in [0.15, 0.2) is 17.3 Å². The Kier molecular flexibility index (Phi) is 5.56. The Morgan fingerprint density at radius 3 is 2.25 bits per heavy atom. The molecule has 0 aliphatic heterocycles. The molecule has 3 rings (SSSR count). The first kappa shape index (κ1) is 19.7. The number of aryl methyl sites for hydroxylation is 1. The fourth-order valence-electron chi connectivity index (χ4n) is 2.99. The number of benzene rings is 1. The molecule has 0 aliphatic rings. The van der Waals surface area contributed by atoms with Gasteiger partial charge in [-0.25, -0.2) is 9.97 Å². The van der Waals surface area contributed by atoms with Crippen molar-refractivity contribution in [3.8, 4) is 34.7 Å². The highest BCUT2D eigenvalue weighted by Gasteiger charge is 2.21. The number of ether oxygens (including phenoxy) is 3. The van der Waals surface area contributed by atoms with E-state index in [0.29, 0.717) is 28.0 Å². The van der Waals surface area contributed by atoms with Gasteiger partial charge < -0.3 is 19.1 Å². The van der Waals surface area contributed by atoms with E-state index >= 15 is 0 Å². The minimum absolute atomic E-state index is 0.513. The summed E-state index contributed by atoms with van der Waals surface area (Å²) < 4.78 is 16.3. The van der Waals surface area contributed by atoms with Crippen LogP contribution in [0.4, 0.5) is 5.82 Å². The van der Waals surface area contributed by atoms with Crippen molar-refractivity contribution in [2.24, 2.45) is 0 Å². The molecule has 3 aromatic rings. The second kappa shape index (κ2) is 7.90. The lowest BCUT2D eigenvalue weighted by Gasteiger charge is -2.18. The van der Waals surface area contributed by atoms with Crippen LogP contribution in [0.5, 0.6) is 17.2 Å². The van der Waals surface area contributed by atoms with Gasteiger partial charge in [0, 0.05) is 19.2 Å². The molecule has 0 bridgehead atoms. The fourth-order valence-corrected chi connectivity index (χ4v) is 3.96. The molecular weight excluding hydrogens is 376 g/mol. The van der Waals surface area contributed by atoms with Gasteiger partial charge in [0.1, 0.15) is 21.6 Å². The molecule has 1 aromatic carbocycles. The largest absolute Gasteiger partial charge is 0.493 e. The summed E-state index contributed by atoms with van der Waals surface area (Å²) in [4.78, 5) is 13.0. The van der Waals surface area contributed by atoms with E-state index in [4.69, 9.17) is 24.2 Å². The number of fused-ring (bicyclic) bond motifs is 1. The third-order valence-electron chi connectivity index (χ3n) is 4.63. The third kappa shape index (κ3) is 3.18. The molecule has 2 heterocycles. The number of methoxy groups -OCH3 is 3. The molecule has 0 unspecified atom stereocenters. The van der Waals surface area contributed by atoms with Gasteiger partial charge in [0.25, 0.3) is 0 Å². The Bertz CT molecular complexity index is 1050. The topological polar surface area (TPSA) is 80.5 Å². The summed E-state index contributed by atoms with van der Waals surface area (Å²) in [6.45, 7) is 4.77. The van der Waals surface area contributed by atoms with Crippen LogP contribution >= 0.6 is 11.3 Å². The predicted molar refractivity (Wildman–Crippen MR) is 111 cm³/mol. The summed E-state index contributed by atoms with van der Waals surface area (Å²) in [5.41, 5.74) is 1.65. The van der Waals surface area contributed by atoms with Crippen LogP contribution < -0.4 is 19.1 Å². The number of rotatable bonds is 6. The van der Waals surface area contributed by atoms with E-state index in [2.05, 4.69) is 13.0 Å². The smallest absolute Gasteiger partial charge is 0.203 e. The summed E-state index contributed by atoms with van der Waals surface area (Å²) in [7, 11) is 6.69. The zero-order valence-electron chi connectivity index (χ0n) is 16.8. The highest BCUT2D eigenvalue weighted by molar-refractivity contribution is 7.19. The summed E-state index contributed by atoms with van der Waals surface area (Å²) in [5, 5.41) is 10.4. The quantitative estimate of drug-likeness (QED) is 0.620. The first-order chi connectivity index (χ1) is 13.5. The molecule has 0 aliphatic carbocycles. The normalized spacial score (nSPS) is 10.6. The minimum Gasteiger partial charge on any atom is -0.493 e. The van der Waals surface area contributed by atoms with Crippen molar-refractivity contribution in [2.45, 2.75) is 13.8 Å². The number of thiophene rings is 1. The Labute approximate surface area is 168 Å². The lowest BCUT2D eigenvalue weighted by molar-refractivity contribution is 0.324. The number of hydrogen-bond donors (Lipinski definition) is 0. The van der Waals surface area contributed by atoms with Crippen molar-refractivity contribution in [3.05, 3.63) is 22.6 Å². The van der Waals surface area contributed by atoms with Crippen molar-refractivity contribution >= 4 is 27.4 Å². The molecule has 0 saturated heterocycles. The maximum Gasteiger partial charge on any atom is 0.203 e. The highest BCUT2D eigenvalue weighted by Crippen LogP contribution is 2.42. The fraction of sp³-hybridized carbons (Fsp3) is 0.350. The van der Waals surface area contributed by atoms with Gasteiger partial charge in [-0.05, 0) is 31.5 Å². The highest BCUT2D eigenvalue weighted by atomic mass is 32.1. The van der Waals surface area contributed by atoms with Gasteiger partial charge in [-0.1, -0.05) is 0 Å². The van der Waals surface area contributed by atoms with Gasteiger partial charge in [-0.3, -0.25) is 0 Å². The number of anilines is 1. The number of aromatic nitrogens is 2. The van der Waals surface area contributed by atoms with E-state index in [1.165, 1.54) is 11.3 Å². The Morgan fingerprint density at radius 1 is 1.11 bits per heavy atom. The van der Waals surface area contributed by atoms with Crippen LogP contribution in [0.15, 0.2) is 12.1 Å². The monoisotopic (exact) mass is 398 g/mol. The Balaban J connectivity index is 2.31. The molecule has 0 N–H and O–H groups in total. The number of nitriles is 1. The third-order valence-corrected chi connectivity index (χ3v) is 5.72. The van der Waals surface area contributed by atoms with Crippen LogP contribution in [0.1, 0.15) is 17.4 Å². The van der Waals surface area contributed by atoms with Crippen LogP contribution in [0.2, 0.25) is 0 Å². The van der Waals surface area contributed by atoms with E-state index in [-0.39, 0.29) is 0 Å². The maximum atomic E-state index is 9.44. The maximum absolute atomic E-state index is 9.44. The van der Waals surface area contributed by atoms with Gasteiger partial charge in [-0.2, -0.15) is 5.26 Å². The van der Waals surface area contributed by atoms with Crippen molar-refractivity contribution in [3.63, 3.8) is 0 Å². The lowest BCUT2D eigenvalue weighted by atomic mass is 10.1. The van der Waals surface area contributed by atoms with E-state index in [1.807, 2.05) is 31.0 Å². The SMILES string of the molecule is CCN(C)c1nc(-c2cc(OC)c(OC)c(OC)c2)nc2sc(C#N)c(C)c12. The van der Waals surface area contributed by atoms with Gasteiger partial charge in [-0.15, -0.1) is 11.3 Å². The average Bonchev–Trinajstić information content (AvgIpc) is 3.06. The Hall–Kier alpha value is -3.05. The number of nitrogens with zero attached hydrogens (tertiary/aromatic N) is 4. The van der Waals surface area contributed by atoms with Gasteiger partial charge in [0.05, 0.1) is 26.7 Å². The molecule has 0 saturated carbocycles. The second-order valence-corrected chi connectivity index (χ2v) is 7.15. The van der Waals surface area contributed by atoms with Crippen LogP contribution in [-0.2, 0) is 0 Å². The van der Waals surface area contributed by atoms with Gasteiger partial charge in [0.2, 0.25) is 5.75 Å².